The average Bonchev–Trinajstić information content (AvgIpc) is 2.81. The number of hydrogen-bond acceptors (Lipinski definition) is 3. The summed E-state index contributed by atoms with van der Waals surface area (Å²) < 4.78 is 31.5. The Morgan fingerprint density at radius 3 is 2.71 bits per heavy atom. The number of ether oxygens (including phenoxy) is 1. The van der Waals surface area contributed by atoms with Crippen LogP contribution in [0.15, 0.2) is 35.7 Å². The van der Waals surface area contributed by atoms with Gasteiger partial charge in [0.25, 0.3) is 0 Å². The monoisotopic (exact) mass is 255 g/mol. The molecule has 5 heteroatoms. The lowest BCUT2D eigenvalue weighted by Crippen LogP contribution is -2.17. The van der Waals surface area contributed by atoms with Crippen molar-refractivity contribution in [2.75, 3.05) is 6.54 Å². The molecule has 0 aliphatic carbocycles. The molecule has 2 aromatic rings. The normalized spacial score (nSPS) is 12.4. The summed E-state index contributed by atoms with van der Waals surface area (Å²) in [5, 5.41) is 1.89. The summed E-state index contributed by atoms with van der Waals surface area (Å²) in [6, 6.07) is 6.94. The molecule has 0 fully saturated rings. The molecule has 0 radical (unpaired) electrons. The number of nitrogens with two attached hydrogens (primary N) is 1. The molecule has 1 atom stereocenters. The van der Waals surface area contributed by atoms with E-state index in [2.05, 4.69) is 0 Å². The first-order chi connectivity index (χ1) is 8.20. The predicted octanol–water partition coefficient (Wildman–Crippen LogP) is 3.11. The maximum absolute atomic E-state index is 13.4. The number of hydrogen-bond donors (Lipinski definition) is 1. The van der Waals surface area contributed by atoms with E-state index in [1.807, 2.05) is 17.5 Å². The number of halogens is 2. The Labute approximate surface area is 102 Å². The molecule has 0 spiro atoms. The van der Waals surface area contributed by atoms with Gasteiger partial charge in [-0.2, -0.15) is 0 Å². The minimum absolute atomic E-state index is 0.00949. The molecule has 0 bridgehead atoms. The van der Waals surface area contributed by atoms with Crippen LogP contribution < -0.4 is 10.5 Å². The largest absolute Gasteiger partial charge is 0.480 e. The molecule has 17 heavy (non-hydrogen) atoms. The lowest BCUT2D eigenvalue weighted by atomic mass is 10.2. The molecule has 0 saturated heterocycles. The van der Waals surface area contributed by atoms with Gasteiger partial charge in [0.1, 0.15) is 11.9 Å². The van der Waals surface area contributed by atoms with Crippen LogP contribution in [0.4, 0.5) is 8.78 Å². The van der Waals surface area contributed by atoms with Crippen molar-refractivity contribution in [1.29, 1.82) is 0 Å². The number of benzene rings is 1. The zero-order chi connectivity index (χ0) is 12.3. The second-order valence-corrected chi connectivity index (χ2v) is 4.41. The van der Waals surface area contributed by atoms with Crippen LogP contribution in [-0.2, 0) is 0 Å². The fourth-order valence-corrected chi connectivity index (χ4v) is 2.19. The molecule has 2 N–H and O–H groups in total. The van der Waals surface area contributed by atoms with Gasteiger partial charge >= 0.3 is 0 Å². The van der Waals surface area contributed by atoms with Gasteiger partial charge in [-0.1, -0.05) is 6.07 Å². The lowest BCUT2D eigenvalue weighted by Gasteiger charge is -2.16. The van der Waals surface area contributed by atoms with Gasteiger partial charge in [-0.3, -0.25) is 0 Å². The van der Waals surface area contributed by atoms with Crippen LogP contribution in [0.3, 0.4) is 0 Å². The van der Waals surface area contributed by atoms with E-state index in [9.17, 15) is 8.78 Å². The first-order valence-corrected chi connectivity index (χ1v) is 5.94. The summed E-state index contributed by atoms with van der Waals surface area (Å²) in [5.41, 5.74) is 5.58. The van der Waals surface area contributed by atoms with Crippen molar-refractivity contribution in [2.45, 2.75) is 6.10 Å². The van der Waals surface area contributed by atoms with Gasteiger partial charge < -0.3 is 10.5 Å². The van der Waals surface area contributed by atoms with Crippen molar-refractivity contribution in [3.8, 4) is 5.75 Å². The van der Waals surface area contributed by atoms with E-state index in [1.165, 1.54) is 17.4 Å². The maximum Gasteiger partial charge on any atom is 0.168 e. The van der Waals surface area contributed by atoms with Crippen molar-refractivity contribution >= 4 is 11.3 Å². The summed E-state index contributed by atoms with van der Waals surface area (Å²) in [6.45, 7) is 0.233. The molecule has 1 aromatic carbocycles. The average molecular weight is 255 g/mol. The Morgan fingerprint density at radius 2 is 2.12 bits per heavy atom. The Kier molecular flexibility index (Phi) is 3.71. The molecule has 1 heterocycles. The highest BCUT2D eigenvalue weighted by Crippen LogP contribution is 2.26. The van der Waals surface area contributed by atoms with Crippen molar-refractivity contribution in [3.63, 3.8) is 0 Å². The summed E-state index contributed by atoms with van der Waals surface area (Å²) >= 11 is 1.48. The molecule has 0 amide bonds. The predicted molar refractivity (Wildman–Crippen MR) is 63.1 cm³/mol. The van der Waals surface area contributed by atoms with Gasteiger partial charge in [-0.15, -0.1) is 11.3 Å². The second-order valence-electron chi connectivity index (χ2n) is 3.43. The van der Waals surface area contributed by atoms with Crippen molar-refractivity contribution < 1.29 is 13.5 Å². The van der Waals surface area contributed by atoms with Gasteiger partial charge in [0, 0.05) is 17.5 Å². The van der Waals surface area contributed by atoms with Crippen LogP contribution in [0.25, 0.3) is 0 Å². The standard InChI is InChI=1S/C12H11F2NOS/c13-8-3-4-10(9(14)6-8)16-11(7-15)12-2-1-5-17-12/h1-6,11H,7,15H2. The zero-order valence-electron chi connectivity index (χ0n) is 8.90. The van der Waals surface area contributed by atoms with Crippen LogP contribution in [-0.4, -0.2) is 6.54 Å². The van der Waals surface area contributed by atoms with E-state index < -0.39 is 17.7 Å². The summed E-state index contributed by atoms with van der Waals surface area (Å²) in [7, 11) is 0. The van der Waals surface area contributed by atoms with Crippen molar-refractivity contribution in [1.82, 2.24) is 0 Å². The van der Waals surface area contributed by atoms with Crippen LogP contribution in [0.2, 0.25) is 0 Å². The van der Waals surface area contributed by atoms with Gasteiger partial charge in [-0.05, 0) is 23.6 Å². The van der Waals surface area contributed by atoms with Crippen LogP contribution in [0.1, 0.15) is 11.0 Å². The molecule has 1 aromatic heterocycles. The van der Waals surface area contributed by atoms with Gasteiger partial charge in [0.05, 0.1) is 0 Å². The van der Waals surface area contributed by atoms with Gasteiger partial charge in [-0.25, -0.2) is 8.78 Å². The van der Waals surface area contributed by atoms with E-state index in [0.717, 1.165) is 17.0 Å². The smallest absolute Gasteiger partial charge is 0.168 e. The number of rotatable bonds is 4. The fourth-order valence-electron chi connectivity index (χ4n) is 1.42. The third-order valence-corrected chi connectivity index (χ3v) is 3.20. The van der Waals surface area contributed by atoms with Crippen LogP contribution in [0.5, 0.6) is 5.75 Å². The Hall–Kier alpha value is -1.46. The molecule has 90 valence electrons. The van der Waals surface area contributed by atoms with Gasteiger partial charge in [0.2, 0.25) is 0 Å². The van der Waals surface area contributed by atoms with E-state index in [0.29, 0.717) is 0 Å². The van der Waals surface area contributed by atoms with E-state index in [4.69, 9.17) is 10.5 Å². The van der Waals surface area contributed by atoms with E-state index in [-0.39, 0.29) is 12.3 Å². The minimum atomic E-state index is -0.722. The van der Waals surface area contributed by atoms with Crippen LogP contribution in [0, 0.1) is 11.6 Å². The first kappa shape index (κ1) is 12.0. The molecular formula is C12H11F2NOS. The lowest BCUT2D eigenvalue weighted by molar-refractivity contribution is 0.207. The minimum Gasteiger partial charge on any atom is -0.480 e. The summed E-state index contributed by atoms with van der Waals surface area (Å²) in [4.78, 5) is 0.913. The third-order valence-electron chi connectivity index (χ3n) is 2.24. The highest BCUT2D eigenvalue weighted by Gasteiger charge is 2.15. The molecule has 0 aliphatic heterocycles. The van der Waals surface area contributed by atoms with Crippen molar-refractivity contribution in [2.24, 2.45) is 5.73 Å². The van der Waals surface area contributed by atoms with E-state index in [1.54, 1.807) is 0 Å². The SMILES string of the molecule is NCC(Oc1ccc(F)cc1F)c1cccs1. The summed E-state index contributed by atoms with van der Waals surface area (Å²) in [5.74, 6) is -1.34. The molecule has 2 rings (SSSR count). The molecule has 0 saturated carbocycles. The number of thiophene rings is 1. The third kappa shape index (κ3) is 2.81. The molecule has 0 aliphatic rings. The zero-order valence-corrected chi connectivity index (χ0v) is 9.71. The quantitative estimate of drug-likeness (QED) is 0.911. The molecule has 1 unspecified atom stereocenters. The fraction of sp³-hybridized carbons (Fsp3) is 0.167. The topological polar surface area (TPSA) is 35.2 Å². The first-order valence-electron chi connectivity index (χ1n) is 5.06. The molecule has 2 nitrogen and oxygen atoms in total. The highest BCUT2D eigenvalue weighted by molar-refractivity contribution is 7.10. The highest BCUT2D eigenvalue weighted by atomic mass is 32.1. The Morgan fingerprint density at radius 1 is 1.29 bits per heavy atom. The maximum atomic E-state index is 13.4. The Balaban J connectivity index is 2.19. The van der Waals surface area contributed by atoms with Crippen LogP contribution >= 0.6 is 11.3 Å². The van der Waals surface area contributed by atoms with Gasteiger partial charge in [0.15, 0.2) is 11.6 Å². The Bertz CT molecular complexity index is 487. The second kappa shape index (κ2) is 5.25. The van der Waals surface area contributed by atoms with E-state index >= 15 is 0 Å². The molecular weight excluding hydrogens is 244 g/mol. The summed E-state index contributed by atoms with van der Waals surface area (Å²) in [6.07, 6.45) is -0.407. The van der Waals surface area contributed by atoms with Crippen molar-refractivity contribution in [3.05, 3.63) is 52.2 Å².